The summed E-state index contributed by atoms with van der Waals surface area (Å²) < 4.78 is 0. The van der Waals surface area contributed by atoms with Crippen LogP contribution in [-0.4, -0.2) is 39.6 Å². The van der Waals surface area contributed by atoms with E-state index >= 15 is 0 Å². The summed E-state index contributed by atoms with van der Waals surface area (Å²) in [4.78, 5) is 23.2. The number of aromatic nitrogens is 2. The van der Waals surface area contributed by atoms with Crippen molar-refractivity contribution in [2.75, 3.05) is 18.8 Å². The molecule has 1 fully saturated rings. The average molecular weight is 356 g/mol. The van der Waals surface area contributed by atoms with Crippen LogP contribution in [0.4, 0.5) is 0 Å². The van der Waals surface area contributed by atoms with Crippen molar-refractivity contribution in [2.45, 2.75) is 38.3 Å². The summed E-state index contributed by atoms with van der Waals surface area (Å²) in [6.07, 6.45) is 3.30. The zero-order valence-electron chi connectivity index (χ0n) is 14.9. The van der Waals surface area contributed by atoms with Gasteiger partial charge in [-0.25, -0.2) is 9.97 Å². The molecule has 0 bridgehead atoms. The van der Waals surface area contributed by atoms with E-state index in [4.69, 9.17) is 0 Å². The van der Waals surface area contributed by atoms with E-state index in [2.05, 4.69) is 40.3 Å². The van der Waals surface area contributed by atoms with Crippen LogP contribution >= 0.6 is 11.8 Å². The van der Waals surface area contributed by atoms with Gasteiger partial charge in [0.2, 0.25) is 5.91 Å². The van der Waals surface area contributed by atoms with E-state index in [1.165, 1.54) is 17.3 Å². The Morgan fingerprint density at radius 2 is 1.76 bits per heavy atom. The zero-order chi connectivity index (χ0) is 17.6. The number of piperidine rings is 1. The molecule has 2 aromatic rings. The lowest BCUT2D eigenvalue weighted by atomic mass is 9.90. The number of hydrogen-bond donors (Lipinski definition) is 0. The third-order valence-electron chi connectivity index (χ3n) is 4.62. The molecule has 0 N–H and O–H groups in total. The lowest BCUT2D eigenvalue weighted by Gasteiger charge is -2.32. The molecular formula is C20H25N3OS. The Kier molecular flexibility index (Phi) is 6.08. The summed E-state index contributed by atoms with van der Waals surface area (Å²) in [5, 5.41) is 0.699. The van der Waals surface area contributed by atoms with Gasteiger partial charge in [0.15, 0.2) is 5.16 Å². The van der Waals surface area contributed by atoms with E-state index in [1.54, 1.807) is 0 Å². The highest BCUT2D eigenvalue weighted by Gasteiger charge is 2.23. The number of carbonyl (C=O) groups is 1. The van der Waals surface area contributed by atoms with Crippen molar-refractivity contribution in [3.8, 4) is 0 Å². The predicted molar refractivity (Wildman–Crippen MR) is 102 cm³/mol. The fraction of sp³-hybridized carbons (Fsp3) is 0.450. The van der Waals surface area contributed by atoms with Gasteiger partial charge in [-0.05, 0) is 50.7 Å². The van der Waals surface area contributed by atoms with E-state index in [0.717, 1.165) is 43.7 Å². The summed E-state index contributed by atoms with van der Waals surface area (Å²) >= 11 is 1.44. The Hall–Kier alpha value is -1.88. The summed E-state index contributed by atoms with van der Waals surface area (Å²) in [6, 6.07) is 12.6. The second-order valence-electron chi connectivity index (χ2n) is 6.74. The van der Waals surface area contributed by atoms with E-state index in [1.807, 2.05) is 24.8 Å². The van der Waals surface area contributed by atoms with Gasteiger partial charge < -0.3 is 4.90 Å². The molecule has 5 heteroatoms. The highest BCUT2D eigenvalue weighted by atomic mass is 32.2. The van der Waals surface area contributed by atoms with Crippen LogP contribution in [0.1, 0.15) is 29.8 Å². The third kappa shape index (κ3) is 5.30. The minimum absolute atomic E-state index is 0.200. The lowest BCUT2D eigenvalue weighted by Crippen LogP contribution is -2.39. The van der Waals surface area contributed by atoms with Crippen LogP contribution in [0.15, 0.2) is 41.6 Å². The zero-order valence-corrected chi connectivity index (χ0v) is 15.8. The Balaban J connectivity index is 1.45. The maximum Gasteiger partial charge on any atom is 0.233 e. The molecule has 1 aromatic heterocycles. The first-order chi connectivity index (χ1) is 12.1. The van der Waals surface area contributed by atoms with Crippen LogP contribution < -0.4 is 0 Å². The van der Waals surface area contributed by atoms with Crippen molar-refractivity contribution in [3.05, 3.63) is 53.3 Å². The Morgan fingerprint density at radius 3 is 2.40 bits per heavy atom. The number of likely N-dealkylation sites (tertiary alicyclic amines) is 1. The SMILES string of the molecule is Cc1cc(C)nc(SCC(=O)N2CCC(Cc3ccccc3)CC2)n1. The van der Waals surface area contributed by atoms with Gasteiger partial charge >= 0.3 is 0 Å². The summed E-state index contributed by atoms with van der Waals surface area (Å²) in [5.41, 5.74) is 3.29. The van der Waals surface area contributed by atoms with Crippen molar-refractivity contribution >= 4 is 17.7 Å². The highest BCUT2D eigenvalue weighted by molar-refractivity contribution is 7.99. The molecule has 0 radical (unpaired) electrons. The molecule has 4 nitrogen and oxygen atoms in total. The molecule has 1 aliphatic rings. The standard InChI is InChI=1S/C20H25N3OS/c1-15-12-16(2)22-20(21-15)25-14-19(24)23-10-8-18(9-11-23)13-17-6-4-3-5-7-17/h3-7,12,18H,8-11,13-14H2,1-2H3. The van der Waals surface area contributed by atoms with Gasteiger partial charge in [-0.3, -0.25) is 4.79 Å². The molecule has 0 spiro atoms. The molecule has 2 heterocycles. The Morgan fingerprint density at radius 1 is 1.12 bits per heavy atom. The second-order valence-corrected chi connectivity index (χ2v) is 7.68. The van der Waals surface area contributed by atoms with Crippen LogP contribution in [0.2, 0.25) is 0 Å². The number of aryl methyl sites for hydroxylation is 2. The van der Waals surface area contributed by atoms with Crippen LogP contribution in [0.3, 0.4) is 0 Å². The number of hydrogen-bond acceptors (Lipinski definition) is 4. The van der Waals surface area contributed by atoms with Crippen molar-refractivity contribution in [1.82, 2.24) is 14.9 Å². The van der Waals surface area contributed by atoms with Gasteiger partial charge in [0.05, 0.1) is 5.75 Å². The molecule has 1 aromatic carbocycles. The summed E-state index contributed by atoms with van der Waals surface area (Å²) in [7, 11) is 0. The molecule has 3 rings (SSSR count). The molecule has 25 heavy (non-hydrogen) atoms. The van der Waals surface area contributed by atoms with Crippen molar-refractivity contribution < 1.29 is 4.79 Å². The number of thioether (sulfide) groups is 1. The average Bonchev–Trinajstić information content (AvgIpc) is 2.60. The number of rotatable bonds is 5. The molecule has 1 amide bonds. The normalized spacial score (nSPS) is 15.4. The van der Waals surface area contributed by atoms with Gasteiger partial charge in [-0.1, -0.05) is 42.1 Å². The first-order valence-electron chi connectivity index (χ1n) is 8.87. The Bertz CT molecular complexity index is 692. The first-order valence-corrected chi connectivity index (χ1v) is 9.85. The summed E-state index contributed by atoms with van der Waals surface area (Å²) in [5.74, 6) is 1.31. The van der Waals surface area contributed by atoms with E-state index in [0.29, 0.717) is 16.8 Å². The quantitative estimate of drug-likeness (QED) is 0.606. The fourth-order valence-electron chi connectivity index (χ4n) is 3.31. The number of benzene rings is 1. The minimum atomic E-state index is 0.200. The molecule has 1 aliphatic heterocycles. The van der Waals surface area contributed by atoms with E-state index in [9.17, 15) is 4.79 Å². The van der Waals surface area contributed by atoms with Crippen LogP contribution in [0, 0.1) is 19.8 Å². The number of carbonyl (C=O) groups excluding carboxylic acids is 1. The molecule has 0 saturated carbocycles. The van der Waals surface area contributed by atoms with Crippen LogP contribution in [-0.2, 0) is 11.2 Å². The second kappa shape index (κ2) is 8.48. The van der Waals surface area contributed by atoms with Gasteiger partial charge in [0.1, 0.15) is 0 Å². The lowest BCUT2D eigenvalue weighted by molar-refractivity contribution is -0.129. The van der Waals surface area contributed by atoms with Gasteiger partial charge in [0, 0.05) is 24.5 Å². The molecular weight excluding hydrogens is 330 g/mol. The smallest absolute Gasteiger partial charge is 0.233 e. The molecule has 0 atom stereocenters. The van der Waals surface area contributed by atoms with E-state index in [-0.39, 0.29) is 5.91 Å². The van der Waals surface area contributed by atoms with Crippen molar-refractivity contribution in [1.29, 1.82) is 0 Å². The first kappa shape index (κ1) is 17.9. The third-order valence-corrected chi connectivity index (χ3v) is 5.45. The van der Waals surface area contributed by atoms with Crippen LogP contribution in [0.5, 0.6) is 0 Å². The van der Waals surface area contributed by atoms with Gasteiger partial charge in [-0.15, -0.1) is 0 Å². The fourth-order valence-corrected chi connectivity index (χ4v) is 4.16. The van der Waals surface area contributed by atoms with Crippen molar-refractivity contribution in [3.63, 3.8) is 0 Å². The minimum Gasteiger partial charge on any atom is -0.342 e. The maximum atomic E-state index is 12.5. The predicted octanol–water partition coefficient (Wildman–Crippen LogP) is 3.67. The molecule has 132 valence electrons. The maximum absolute atomic E-state index is 12.5. The largest absolute Gasteiger partial charge is 0.342 e. The van der Waals surface area contributed by atoms with Gasteiger partial charge in [-0.2, -0.15) is 0 Å². The molecule has 0 aliphatic carbocycles. The van der Waals surface area contributed by atoms with Crippen LogP contribution in [0.25, 0.3) is 0 Å². The van der Waals surface area contributed by atoms with Crippen molar-refractivity contribution in [2.24, 2.45) is 5.92 Å². The highest BCUT2D eigenvalue weighted by Crippen LogP contribution is 2.23. The molecule has 0 unspecified atom stereocenters. The van der Waals surface area contributed by atoms with E-state index < -0.39 is 0 Å². The summed E-state index contributed by atoms with van der Waals surface area (Å²) in [6.45, 7) is 5.64. The van der Waals surface area contributed by atoms with Gasteiger partial charge in [0.25, 0.3) is 0 Å². The number of amides is 1. The topological polar surface area (TPSA) is 46.1 Å². The number of nitrogens with zero attached hydrogens (tertiary/aromatic N) is 3. The Labute approximate surface area is 154 Å². The monoisotopic (exact) mass is 355 g/mol. The molecule has 1 saturated heterocycles.